The first kappa shape index (κ1) is 21.3. The number of piperidine rings is 1. The van der Waals surface area contributed by atoms with E-state index in [-0.39, 0.29) is 19.2 Å². The Hall–Kier alpha value is -3.55. The number of carbonyl (C=O) groups excluding carboxylic acids is 3. The summed E-state index contributed by atoms with van der Waals surface area (Å²) >= 11 is 0. The number of nitrogens with zero attached hydrogens (tertiary/aromatic N) is 2. The van der Waals surface area contributed by atoms with Gasteiger partial charge in [0.25, 0.3) is 5.91 Å². The predicted molar refractivity (Wildman–Crippen MR) is 120 cm³/mol. The van der Waals surface area contributed by atoms with Crippen LogP contribution < -0.4 is 14.8 Å². The minimum Gasteiger partial charge on any atom is -0.454 e. The average Bonchev–Trinajstić information content (AvgIpc) is 3.38. The second kappa shape index (κ2) is 8.42. The highest BCUT2D eigenvalue weighted by Gasteiger charge is 2.50. The third-order valence-corrected chi connectivity index (χ3v) is 6.85. The number of ether oxygens (including phenoxy) is 2. The van der Waals surface area contributed by atoms with Crippen molar-refractivity contribution in [2.45, 2.75) is 31.7 Å². The molecule has 0 spiro atoms. The summed E-state index contributed by atoms with van der Waals surface area (Å²) in [5, 5.41) is 2.75. The van der Waals surface area contributed by atoms with Gasteiger partial charge in [-0.3, -0.25) is 14.5 Å². The van der Waals surface area contributed by atoms with Gasteiger partial charge in [-0.1, -0.05) is 36.4 Å². The molecule has 4 amide bonds. The number of likely N-dealkylation sites (tertiary alicyclic amines) is 1. The van der Waals surface area contributed by atoms with Crippen LogP contribution in [0.15, 0.2) is 48.5 Å². The molecular weight excluding hydrogens is 422 g/mol. The van der Waals surface area contributed by atoms with Crippen molar-refractivity contribution < 1.29 is 23.9 Å². The molecule has 1 atom stereocenters. The molecule has 0 aromatic heterocycles. The summed E-state index contributed by atoms with van der Waals surface area (Å²) in [5.41, 5.74) is 0.632. The first-order valence-corrected chi connectivity index (χ1v) is 11.3. The van der Waals surface area contributed by atoms with E-state index in [2.05, 4.69) is 17.4 Å². The van der Waals surface area contributed by atoms with Crippen LogP contribution in [0.5, 0.6) is 11.5 Å². The summed E-state index contributed by atoms with van der Waals surface area (Å²) in [7, 11) is 0. The number of fused-ring (bicyclic) bond motifs is 1. The SMILES string of the molecule is C[C@@]1(c2ccc3c(c2)OCO3)NC(=O)N(CC(=O)N2CCC(Cc3ccccc3)CC2)C1=O. The fraction of sp³-hybridized carbons (Fsp3) is 0.400. The number of amides is 4. The molecule has 5 rings (SSSR count). The number of rotatable bonds is 5. The van der Waals surface area contributed by atoms with E-state index < -0.39 is 17.5 Å². The van der Waals surface area contributed by atoms with E-state index in [1.807, 2.05) is 18.2 Å². The lowest BCUT2D eigenvalue weighted by Gasteiger charge is -2.33. The maximum atomic E-state index is 13.2. The van der Waals surface area contributed by atoms with Crippen LogP contribution in [0, 0.1) is 5.92 Å². The summed E-state index contributed by atoms with van der Waals surface area (Å²) in [5.74, 6) is 1.01. The Morgan fingerprint density at radius 3 is 2.55 bits per heavy atom. The van der Waals surface area contributed by atoms with Crippen molar-refractivity contribution in [1.29, 1.82) is 0 Å². The quantitative estimate of drug-likeness (QED) is 0.709. The van der Waals surface area contributed by atoms with E-state index in [4.69, 9.17) is 9.47 Å². The molecule has 172 valence electrons. The van der Waals surface area contributed by atoms with Crippen LogP contribution in [0.3, 0.4) is 0 Å². The number of benzene rings is 2. The summed E-state index contributed by atoms with van der Waals surface area (Å²) in [6.45, 7) is 2.79. The Kier molecular flexibility index (Phi) is 5.44. The van der Waals surface area contributed by atoms with E-state index in [0.717, 1.165) is 24.2 Å². The van der Waals surface area contributed by atoms with Gasteiger partial charge in [0.05, 0.1) is 0 Å². The summed E-state index contributed by atoms with van der Waals surface area (Å²) < 4.78 is 10.7. The molecule has 0 unspecified atom stereocenters. The smallest absolute Gasteiger partial charge is 0.325 e. The molecule has 8 heteroatoms. The van der Waals surface area contributed by atoms with E-state index in [1.54, 1.807) is 30.0 Å². The van der Waals surface area contributed by atoms with Crippen molar-refractivity contribution >= 4 is 17.8 Å². The first-order chi connectivity index (χ1) is 15.9. The topological polar surface area (TPSA) is 88.2 Å². The van der Waals surface area contributed by atoms with Crippen LogP contribution in [-0.4, -0.2) is 54.1 Å². The standard InChI is InChI=1S/C25H27N3O5/c1-25(19-7-8-20-21(14-19)33-16-32-20)23(30)28(24(31)26-25)15-22(29)27-11-9-18(10-12-27)13-17-5-3-2-4-6-17/h2-8,14,18H,9-13,15-16H2,1H3,(H,26,31)/t25-/m0/s1. The summed E-state index contributed by atoms with van der Waals surface area (Å²) in [6.07, 6.45) is 2.83. The highest BCUT2D eigenvalue weighted by molar-refractivity contribution is 6.09. The largest absolute Gasteiger partial charge is 0.454 e. The van der Waals surface area contributed by atoms with Gasteiger partial charge in [0.1, 0.15) is 12.1 Å². The van der Waals surface area contributed by atoms with Crippen LogP contribution in [0.25, 0.3) is 0 Å². The van der Waals surface area contributed by atoms with Gasteiger partial charge in [0.2, 0.25) is 12.7 Å². The molecular formula is C25H27N3O5. The number of hydrogen-bond acceptors (Lipinski definition) is 5. The highest BCUT2D eigenvalue weighted by atomic mass is 16.7. The van der Waals surface area contributed by atoms with Crippen LogP contribution in [-0.2, 0) is 21.5 Å². The van der Waals surface area contributed by atoms with Gasteiger partial charge in [-0.2, -0.15) is 0 Å². The molecule has 2 fully saturated rings. The number of hydrogen-bond donors (Lipinski definition) is 1. The average molecular weight is 450 g/mol. The van der Waals surface area contributed by atoms with Crippen LogP contribution in [0.4, 0.5) is 4.79 Å². The van der Waals surface area contributed by atoms with Crippen LogP contribution in [0.2, 0.25) is 0 Å². The molecule has 1 N–H and O–H groups in total. The maximum absolute atomic E-state index is 13.2. The molecule has 0 bridgehead atoms. The third-order valence-electron chi connectivity index (χ3n) is 6.85. The predicted octanol–water partition coefficient (Wildman–Crippen LogP) is 2.66. The van der Waals surface area contributed by atoms with Gasteiger partial charge < -0.3 is 19.7 Å². The summed E-state index contributed by atoms with van der Waals surface area (Å²) in [6, 6.07) is 14.9. The van der Waals surface area contributed by atoms with Crippen LogP contribution in [0.1, 0.15) is 30.9 Å². The minimum absolute atomic E-state index is 0.123. The van der Waals surface area contributed by atoms with Crippen molar-refractivity contribution in [2.75, 3.05) is 26.4 Å². The zero-order valence-electron chi connectivity index (χ0n) is 18.6. The Morgan fingerprint density at radius 1 is 1.06 bits per heavy atom. The molecule has 0 saturated carbocycles. The van der Waals surface area contributed by atoms with Crippen molar-refractivity contribution in [2.24, 2.45) is 5.92 Å². The summed E-state index contributed by atoms with van der Waals surface area (Å²) in [4.78, 5) is 41.6. The lowest BCUT2D eigenvalue weighted by atomic mass is 9.90. The van der Waals surface area contributed by atoms with E-state index in [0.29, 0.717) is 36.1 Å². The van der Waals surface area contributed by atoms with Crippen LogP contribution >= 0.6 is 0 Å². The first-order valence-electron chi connectivity index (χ1n) is 11.3. The highest BCUT2D eigenvalue weighted by Crippen LogP contribution is 2.37. The zero-order valence-corrected chi connectivity index (χ0v) is 18.6. The molecule has 3 aliphatic rings. The molecule has 8 nitrogen and oxygen atoms in total. The number of urea groups is 1. The normalized spacial score (nSPS) is 22.6. The molecule has 3 heterocycles. The van der Waals surface area contributed by atoms with Gasteiger partial charge in [-0.05, 0) is 55.4 Å². The van der Waals surface area contributed by atoms with Gasteiger partial charge in [-0.25, -0.2) is 4.79 Å². The second-order valence-corrected chi connectivity index (χ2v) is 9.03. The Morgan fingerprint density at radius 2 is 1.79 bits per heavy atom. The molecule has 2 aromatic carbocycles. The Labute approximate surface area is 192 Å². The van der Waals surface area contributed by atoms with Crippen molar-refractivity contribution in [3.63, 3.8) is 0 Å². The monoisotopic (exact) mass is 449 g/mol. The maximum Gasteiger partial charge on any atom is 0.325 e. The fourth-order valence-electron chi connectivity index (χ4n) is 4.81. The molecule has 2 aromatic rings. The lowest BCUT2D eigenvalue weighted by molar-refractivity contribution is -0.139. The number of nitrogens with one attached hydrogen (secondary N) is 1. The third kappa shape index (κ3) is 4.01. The molecule has 3 aliphatic heterocycles. The van der Waals surface area contributed by atoms with E-state index >= 15 is 0 Å². The molecule has 0 radical (unpaired) electrons. The van der Waals surface area contributed by atoms with Gasteiger partial charge in [0, 0.05) is 13.1 Å². The van der Waals surface area contributed by atoms with Crippen molar-refractivity contribution in [1.82, 2.24) is 15.1 Å². The Bertz CT molecular complexity index is 1080. The van der Waals surface area contributed by atoms with Crippen molar-refractivity contribution in [3.05, 3.63) is 59.7 Å². The molecule has 0 aliphatic carbocycles. The minimum atomic E-state index is -1.26. The fourth-order valence-corrected chi connectivity index (χ4v) is 4.81. The van der Waals surface area contributed by atoms with E-state index in [1.165, 1.54) is 5.56 Å². The zero-order chi connectivity index (χ0) is 23.0. The second-order valence-electron chi connectivity index (χ2n) is 9.03. The number of imide groups is 1. The number of carbonyl (C=O) groups is 3. The van der Waals surface area contributed by atoms with Crippen molar-refractivity contribution in [3.8, 4) is 11.5 Å². The Balaban J connectivity index is 1.20. The van der Waals surface area contributed by atoms with Gasteiger partial charge in [0.15, 0.2) is 11.5 Å². The molecule has 2 saturated heterocycles. The van der Waals surface area contributed by atoms with Gasteiger partial charge in [-0.15, -0.1) is 0 Å². The van der Waals surface area contributed by atoms with Gasteiger partial charge >= 0.3 is 6.03 Å². The molecule has 33 heavy (non-hydrogen) atoms. The van der Waals surface area contributed by atoms with E-state index in [9.17, 15) is 14.4 Å². The lowest BCUT2D eigenvalue weighted by Crippen LogP contribution is -2.46.